The van der Waals surface area contributed by atoms with E-state index in [2.05, 4.69) is 15.5 Å². The maximum absolute atomic E-state index is 12.1. The van der Waals surface area contributed by atoms with Crippen molar-refractivity contribution in [3.8, 4) is 0 Å². The van der Waals surface area contributed by atoms with Crippen LogP contribution in [0.25, 0.3) is 0 Å². The second-order valence-corrected chi connectivity index (χ2v) is 9.30. The molecule has 1 aliphatic rings. The van der Waals surface area contributed by atoms with Crippen molar-refractivity contribution in [1.82, 2.24) is 10.5 Å². The molecule has 9 nitrogen and oxygen atoms in total. The minimum atomic E-state index is -0.925. The van der Waals surface area contributed by atoms with Gasteiger partial charge in [0.15, 0.2) is 0 Å². The molecule has 0 spiro atoms. The molecule has 1 heterocycles. The molecule has 0 unspecified atom stereocenters. The van der Waals surface area contributed by atoms with E-state index in [0.29, 0.717) is 0 Å². The summed E-state index contributed by atoms with van der Waals surface area (Å²) in [4.78, 5) is 27.9. The lowest BCUT2D eigenvalue weighted by molar-refractivity contribution is 0.00578. The van der Waals surface area contributed by atoms with Gasteiger partial charge in [-0.1, -0.05) is 0 Å². The van der Waals surface area contributed by atoms with Gasteiger partial charge in [-0.05, 0) is 69.2 Å². The van der Waals surface area contributed by atoms with Crippen LogP contribution in [0.15, 0.2) is 4.99 Å². The van der Waals surface area contributed by atoms with E-state index >= 15 is 0 Å². The van der Waals surface area contributed by atoms with Gasteiger partial charge in [0.2, 0.25) is 5.96 Å². The molecule has 0 atom stereocenters. The van der Waals surface area contributed by atoms with Gasteiger partial charge in [-0.3, -0.25) is 5.32 Å². The highest BCUT2D eigenvalue weighted by Gasteiger charge is 2.52. The van der Waals surface area contributed by atoms with E-state index in [0.717, 1.165) is 0 Å². The molecular weight excluding hydrogens is 353 g/mol. The molecule has 1 fully saturated rings. The zero-order valence-corrected chi connectivity index (χ0v) is 18.0. The number of carbonyl (C=O) groups excluding carboxylic acids is 2. The topological polar surface area (TPSA) is 107 Å². The van der Waals surface area contributed by atoms with Crippen molar-refractivity contribution < 1.29 is 28.4 Å². The van der Waals surface area contributed by atoms with Crippen molar-refractivity contribution in [2.75, 3.05) is 0 Å². The Kier molecular flexibility index (Phi) is 6.60. The highest BCUT2D eigenvalue weighted by Crippen LogP contribution is 2.35. The minimum absolute atomic E-state index is 0.197. The van der Waals surface area contributed by atoms with Crippen molar-refractivity contribution in [2.45, 2.75) is 91.6 Å². The predicted molar refractivity (Wildman–Crippen MR) is 102 cm³/mol. The highest BCUT2D eigenvalue weighted by molar-refractivity contribution is 6.47. The van der Waals surface area contributed by atoms with Gasteiger partial charge in [-0.2, -0.15) is 0 Å². The summed E-state index contributed by atoms with van der Waals surface area (Å²) in [7, 11) is -0.925. The van der Waals surface area contributed by atoms with Crippen LogP contribution in [0.5, 0.6) is 0 Å². The molecule has 0 aromatic heterocycles. The van der Waals surface area contributed by atoms with Gasteiger partial charge in [0.25, 0.3) is 0 Å². The van der Waals surface area contributed by atoms with Crippen LogP contribution in [0.3, 0.4) is 0 Å². The summed E-state index contributed by atoms with van der Waals surface area (Å²) in [6.07, 6.45) is -1.66. The van der Waals surface area contributed by atoms with Crippen LogP contribution in [0.2, 0.25) is 0 Å². The molecule has 27 heavy (non-hydrogen) atoms. The van der Waals surface area contributed by atoms with Gasteiger partial charge < -0.3 is 24.0 Å². The molecule has 154 valence electrons. The van der Waals surface area contributed by atoms with E-state index in [-0.39, 0.29) is 5.96 Å². The molecule has 1 aliphatic heterocycles. The fourth-order valence-electron chi connectivity index (χ4n) is 1.89. The zero-order chi connectivity index (χ0) is 21.3. The smallest absolute Gasteiger partial charge is 0.444 e. The number of hydrogen-bond donors (Lipinski definition) is 2. The summed E-state index contributed by atoms with van der Waals surface area (Å²) in [5.74, 6) is -0.197. The number of aliphatic imine (C=N–C) groups is 1. The molecule has 0 saturated carbocycles. The summed E-state index contributed by atoms with van der Waals surface area (Å²) in [5, 5.41) is 5.14. The van der Waals surface area contributed by atoms with E-state index in [1.807, 2.05) is 27.7 Å². The first-order valence-corrected chi connectivity index (χ1v) is 8.84. The van der Waals surface area contributed by atoms with Gasteiger partial charge in [0.05, 0.1) is 11.2 Å². The van der Waals surface area contributed by atoms with Gasteiger partial charge in [-0.15, -0.1) is 4.99 Å². The van der Waals surface area contributed by atoms with Gasteiger partial charge >= 0.3 is 19.4 Å². The van der Waals surface area contributed by atoms with Crippen LogP contribution in [0.4, 0.5) is 9.59 Å². The SMILES string of the molecule is CC(C)(C)OC(=O)/N=C(\NB1OC(C)(C)C(C)(C)O1)NC(=O)OC(C)(C)C. The average molecular weight is 385 g/mol. The molecule has 0 aliphatic carbocycles. The molecule has 2 N–H and O–H groups in total. The van der Waals surface area contributed by atoms with Crippen molar-refractivity contribution in [3.05, 3.63) is 0 Å². The Bertz CT molecular complexity index is 589. The zero-order valence-electron chi connectivity index (χ0n) is 18.0. The maximum Gasteiger partial charge on any atom is 0.593 e. The standard InChI is InChI=1S/C17H32BN3O6/c1-14(2,3)24-12(22)19-11(20-13(23)25-15(4,5)6)21-18-26-16(7,8)17(9,10)27-18/h1-10H3,(H2,19,20,21,22,23). The third-order valence-electron chi connectivity index (χ3n) is 3.72. The number of amides is 2. The molecule has 1 saturated heterocycles. The third kappa shape index (κ3) is 7.76. The number of nitrogens with one attached hydrogen (secondary N) is 2. The lowest BCUT2D eigenvalue weighted by Gasteiger charge is -2.32. The molecular formula is C17H32BN3O6. The number of ether oxygens (including phenoxy) is 2. The molecule has 0 aromatic rings. The Morgan fingerprint density at radius 2 is 1.33 bits per heavy atom. The normalized spacial score (nSPS) is 19.5. The molecule has 1 rings (SSSR count). The van der Waals surface area contributed by atoms with Crippen molar-refractivity contribution in [3.63, 3.8) is 0 Å². The molecule has 0 radical (unpaired) electrons. The fourth-order valence-corrected chi connectivity index (χ4v) is 1.89. The van der Waals surface area contributed by atoms with Crippen LogP contribution in [-0.2, 0) is 18.8 Å². The first-order chi connectivity index (χ1) is 11.9. The number of carbonyl (C=O) groups is 2. The number of alkyl carbamates (subject to hydrolysis) is 1. The quantitative estimate of drug-likeness (QED) is 0.406. The van der Waals surface area contributed by atoms with E-state index in [1.54, 1.807) is 41.5 Å². The van der Waals surface area contributed by atoms with Crippen LogP contribution < -0.4 is 10.5 Å². The molecule has 0 bridgehead atoms. The maximum atomic E-state index is 12.1. The first-order valence-electron chi connectivity index (χ1n) is 8.84. The number of rotatable bonds is 1. The monoisotopic (exact) mass is 385 g/mol. The molecule has 2 amide bonds. The Labute approximate surface area is 161 Å². The Hall–Kier alpha value is -1.81. The summed E-state index contributed by atoms with van der Waals surface area (Å²) in [6.45, 7) is 17.8. The first kappa shape index (κ1) is 23.2. The van der Waals surface area contributed by atoms with E-state index in [1.165, 1.54) is 0 Å². The minimum Gasteiger partial charge on any atom is -0.444 e. The summed E-state index contributed by atoms with van der Waals surface area (Å²) in [6, 6.07) is 0. The van der Waals surface area contributed by atoms with Gasteiger partial charge in [0.1, 0.15) is 11.2 Å². The number of guanidine groups is 1. The second kappa shape index (κ2) is 7.67. The third-order valence-corrected chi connectivity index (χ3v) is 3.72. The number of hydrogen-bond acceptors (Lipinski definition) is 6. The summed E-state index contributed by atoms with van der Waals surface area (Å²) < 4.78 is 22.0. The van der Waals surface area contributed by atoms with Gasteiger partial charge in [0, 0.05) is 0 Å². The van der Waals surface area contributed by atoms with Crippen molar-refractivity contribution >= 4 is 25.4 Å². The van der Waals surface area contributed by atoms with E-state index in [4.69, 9.17) is 18.8 Å². The Morgan fingerprint density at radius 1 is 0.889 bits per heavy atom. The average Bonchev–Trinajstić information content (AvgIpc) is 2.50. The Balaban J connectivity index is 2.94. The highest BCUT2D eigenvalue weighted by atomic mass is 16.7. The van der Waals surface area contributed by atoms with Crippen LogP contribution in [0.1, 0.15) is 69.2 Å². The number of nitrogens with zero attached hydrogens (tertiary/aromatic N) is 1. The van der Waals surface area contributed by atoms with Crippen molar-refractivity contribution in [2.24, 2.45) is 4.99 Å². The van der Waals surface area contributed by atoms with Crippen LogP contribution >= 0.6 is 0 Å². The largest absolute Gasteiger partial charge is 0.593 e. The van der Waals surface area contributed by atoms with Crippen LogP contribution in [-0.4, -0.2) is 47.8 Å². The van der Waals surface area contributed by atoms with Crippen LogP contribution in [0, 0.1) is 0 Å². The summed E-state index contributed by atoms with van der Waals surface area (Å²) in [5.41, 5.74) is -2.66. The summed E-state index contributed by atoms with van der Waals surface area (Å²) >= 11 is 0. The lowest BCUT2D eigenvalue weighted by atomic mass is 9.90. The molecule has 10 heteroatoms. The molecule has 0 aromatic carbocycles. The van der Waals surface area contributed by atoms with Crippen molar-refractivity contribution in [1.29, 1.82) is 0 Å². The Morgan fingerprint density at radius 3 is 1.74 bits per heavy atom. The predicted octanol–water partition coefficient (Wildman–Crippen LogP) is 2.98. The van der Waals surface area contributed by atoms with E-state index in [9.17, 15) is 9.59 Å². The lowest BCUT2D eigenvalue weighted by Crippen LogP contribution is -2.51. The van der Waals surface area contributed by atoms with Gasteiger partial charge in [-0.25, -0.2) is 9.59 Å². The second-order valence-electron chi connectivity index (χ2n) is 9.30. The fraction of sp³-hybridized carbons (Fsp3) is 0.824. The van der Waals surface area contributed by atoms with E-state index < -0.39 is 41.8 Å².